The SMILES string of the molecule is CNC1CCN(C(=O)c2ccc3n[nH]c(C#Cc4ccccc4-c4ccccc4)c3c2)C1. The van der Waals surface area contributed by atoms with Crippen molar-refractivity contribution in [2.75, 3.05) is 20.1 Å². The third-order valence-electron chi connectivity index (χ3n) is 6.02. The molecular weight excluding hydrogens is 396 g/mol. The van der Waals surface area contributed by atoms with Crippen LogP contribution < -0.4 is 5.32 Å². The van der Waals surface area contributed by atoms with Crippen LogP contribution in [0.25, 0.3) is 22.0 Å². The molecule has 5 rings (SSSR count). The van der Waals surface area contributed by atoms with Crippen molar-refractivity contribution in [3.05, 3.63) is 89.6 Å². The lowest BCUT2D eigenvalue weighted by atomic mass is 10.00. The van der Waals surface area contributed by atoms with E-state index in [0.717, 1.165) is 47.1 Å². The van der Waals surface area contributed by atoms with Gasteiger partial charge < -0.3 is 10.2 Å². The fraction of sp³-hybridized carbons (Fsp3) is 0.185. The highest BCUT2D eigenvalue weighted by Crippen LogP contribution is 2.24. The molecule has 5 nitrogen and oxygen atoms in total. The molecule has 0 aliphatic carbocycles. The zero-order valence-corrected chi connectivity index (χ0v) is 17.9. The van der Waals surface area contributed by atoms with Gasteiger partial charge in [-0.2, -0.15) is 5.10 Å². The molecule has 0 spiro atoms. The summed E-state index contributed by atoms with van der Waals surface area (Å²) in [5, 5.41) is 11.5. The van der Waals surface area contributed by atoms with Gasteiger partial charge in [0.2, 0.25) is 0 Å². The molecule has 0 bridgehead atoms. The minimum absolute atomic E-state index is 0.0548. The normalized spacial score (nSPS) is 15.5. The van der Waals surface area contributed by atoms with E-state index < -0.39 is 0 Å². The number of likely N-dealkylation sites (tertiary alicyclic amines) is 1. The first-order chi connectivity index (χ1) is 15.7. The van der Waals surface area contributed by atoms with Crippen molar-refractivity contribution in [3.63, 3.8) is 0 Å². The van der Waals surface area contributed by atoms with Crippen LogP contribution in [-0.4, -0.2) is 47.2 Å². The Hall–Kier alpha value is -3.88. The number of fused-ring (bicyclic) bond motifs is 1. The molecule has 0 saturated carbocycles. The second-order valence-corrected chi connectivity index (χ2v) is 8.02. The predicted molar refractivity (Wildman–Crippen MR) is 127 cm³/mol. The summed E-state index contributed by atoms with van der Waals surface area (Å²) in [4.78, 5) is 14.9. The lowest BCUT2D eigenvalue weighted by molar-refractivity contribution is 0.0790. The smallest absolute Gasteiger partial charge is 0.253 e. The van der Waals surface area contributed by atoms with Gasteiger partial charge in [-0.05, 0) is 54.8 Å². The first-order valence-corrected chi connectivity index (χ1v) is 10.8. The first kappa shape index (κ1) is 20.0. The van der Waals surface area contributed by atoms with E-state index in [0.29, 0.717) is 17.3 Å². The average molecular weight is 421 g/mol. The van der Waals surface area contributed by atoms with Crippen molar-refractivity contribution in [2.24, 2.45) is 0 Å². The Kier molecular flexibility index (Phi) is 5.45. The molecular formula is C27H24N4O. The van der Waals surface area contributed by atoms with E-state index in [4.69, 9.17) is 0 Å². The molecule has 1 unspecified atom stereocenters. The number of hydrogen-bond acceptors (Lipinski definition) is 3. The Labute approximate surface area is 187 Å². The van der Waals surface area contributed by atoms with Gasteiger partial charge in [-0.3, -0.25) is 9.89 Å². The number of H-pyrrole nitrogens is 1. The summed E-state index contributed by atoms with van der Waals surface area (Å²) in [5.74, 6) is 6.60. The van der Waals surface area contributed by atoms with E-state index in [1.165, 1.54) is 0 Å². The largest absolute Gasteiger partial charge is 0.337 e. The van der Waals surface area contributed by atoms with Crippen LogP contribution in [0.2, 0.25) is 0 Å². The number of benzene rings is 3. The molecule has 2 N–H and O–H groups in total. The van der Waals surface area contributed by atoms with E-state index in [1.807, 2.05) is 66.5 Å². The van der Waals surface area contributed by atoms with E-state index in [2.05, 4.69) is 45.6 Å². The van der Waals surface area contributed by atoms with Gasteiger partial charge in [-0.1, -0.05) is 54.5 Å². The van der Waals surface area contributed by atoms with Crippen LogP contribution in [0.3, 0.4) is 0 Å². The minimum Gasteiger partial charge on any atom is -0.337 e. The third-order valence-corrected chi connectivity index (χ3v) is 6.02. The van der Waals surface area contributed by atoms with Gasteiger partial charge in [0, 0.05) is 35.6 Å². The fourth-order valence-electron chi connectivity index (χ4n) is 4.19. The summed E-state index contributed by atoms with van der Waals surface area (Å²) >= 11 is 0. The molecule has 5 heteroatoms. The second kappa shape index (κ2) is 8.70. The number of nitrogens with one attached hydrogen (secondary N) is 2. The minimum atomic E-state index is 0.0548. The Balaban J connectivity index is 1.47. The predicted octanol–water partition coefficient (Wildman–Crippen LogP) is 4.06. The maximum Gasteiger partial charge on any atom is 0.253 e. The van der Waals surface area contributed by atoms with Crippen LogP contribution in [-0.2, 0) is 0 Å². The Morgan fingerprint density at radius 3 is 2.69 bits per heavy atom. The molecule has 2 heterocycles. The molecule has 0 radical (unpaired) electrons. The summed E-state index contributed by atoms with van der Waals surface area (Å²) in [6.07, 6.45) is 0.980. The summed E-state index contributed by atoms with van der Waals surface area (Å²) < 4.78 is 0. The van der Waals surface area contributed by atoms with Crippen LogP contribution in [0.5, 0.6) is 0 Å². The van der Waals surface area contributed by atoms with E-state index in [-0.39, 0.29) is 5.91 Å². The van der Waals surface area contributed by atoms with Crippen LogP contribution in [0, 0.1) is 11.8 Å². The number of aromatic nitrogens is 2. The van der Waals surface area contributed by atoms with Gasteiger partial charge in [-0.25, -0.2) is 0 Å². The van der Waals surface area contributed by atoms with Gasteiger partial charge in [0.15, 0.2) is 0 Å². The van der Waals surface area contributed by atoms with Gasteiger partial charge in [0.25, 0.3) is 5.91 Å². The summed E-state index contributed by atoms with van der Waals surface area (Å²) in [6, 6.07) is 24.3. The number of carbonyl (C=O) groups excluding carboxylic acids is 1. The highest BCUT2D eigenvalue weighted by atomic mass is 16.2. The summed E-state index contributed by atoms with van der Waals surface area (Å²) in [7, 11) is 1.94. The molecule has 1 aliphatic rings. The molecule has 1 atom stereocenters. The van der Waals surface area contributed by atoms with Gasteiger partial charge in [-0.15, -0.1) is 0 Å². The molecule has 4 aromatic rings. The number of carbonyl (C=O) groups is 1. The Morgan fingerprint density at radius 1 is 1.06 bits per heavy atom. The topological polar surface area (TPSA) is 61.0 Å². The van der Waals surface area contributed by atoms with Crippen LogP contribution in [0.15, 0.2) is 72.8 Å². The molecule has 1 aliphatic heterocycles. The zero-order chi connectivity index (χ0) is 21.9. The molecule has 32 heavy (non-hydrogen) atoms. The molecule has 1 fully saturated rings. The van der Waals surface area contributed by atoms with Crippen molar-refractivity contribution in [1.29, 1.82) is 0 Å². The van der Waals surface area contributed by atoms with Crippen molar-refractivity contribution in [1.82, 2.24) is 20.4 Å². The zero-order valence-electron chi connectivity index (χ0n) is 17.9. The summed E-state index contributed by atoms with van der Waals surface area (Å²) in [6.45, 7) is 1.51. The lowest BCUT2D eigenvalue weighted by Crippen LogP contribution is -2.33. The quantitative estimate of drug-likeness (QED) is 0.492. The number of nitrogens with zero attached hydrogens (tertiary/aromatic N) is 2. The average Bonchev–Trinajstić information content (AvgIpc) is 3.50. The second-order valence-electron chi connectivity index (χ2n) is 8.02. The number of likely N-dealkylation sites (N-methyl/N-ethyl adjacent to an activating group) is 1. The lowest BCUT2D eigenvalue weighted by Gasteiger charge is -2.16. The maximum atomic E-state index is 13.0. The number of hydrogen-bond donors (Lipinski definition) is 2. The van der Waals surface area contributed by atoms with Crippen LogP contribution in [0.1, 0.15) is 28.0 Å². The van der Waals surface area contributed by atoms with Crippen LogP contribution >= 0.6 is 0 Å². The van der Waals surface area contributed by atoms with Crippen molar-refractivity contribution >= 4 is 16.8 Å². The van der Waals surface area contributed by atoms with Crippen molar-refractivity contribution in [2.45, 2.75) is 12.5 Å². The Morgan fingerprint density at radius 2 is 1.88 bits per heavy atom. The molecule has 1 amide bonds. The van der Waals surface area contributed by atoms with Crippen LogP contribution in [0.4, 0.5) is 0 Å². The van der Waals surface area contributed by atoms with Gasteiger partial charge >= 0.3 is 0 Å². The Bertz CT molecular complexity index is 1330. The van der Waals surface area contributed by atoms with Gasteiger partial charge in [0.05, 0.1) is 5.52 Å². The molecule has 3 aromatic carbocycles. The molecule has 1 aromatic heterocycles. The van der Waals surface area contributed by atoms with E-state index in [9.17, 15) is 4.79 Å². The van der Waals surface area contributed by atoms with Crippen molar-refractivity contribution < 1.29 is 4.79 Å². The van der Waals surface area contributed by atoms with E-state index >= 15 is 0 Å². The third kappa shape index (κ3) is 3.89. The van der Waals surface area contributed by atoms with Crippen molar-refractivity contribution in [3.8, 4) is 23.0 Å². The molecule has 158 valence electrons. The van der Waals surface area contributed by atoms with E-state index in [1.54, 1.807) is 0 Å². The fourth-order valence-corrected chi connectivity index (χ4v) is 4.19. The highest BCUT2D eigenvalue weighted by molar-refractivity contribution is 5.99. The van der Waals surface area contributed by atoms with Gasteiger partial charge in [0.1, 0.15) is 5.69 Å². The monoisotopic (exact) mass is 420 g/mol. The molecule has 1 saturated heterocycles. The highest BCUT2D eigenvalue weighted by Gasteiger charge is 2.26. The number of amides is 1. The first-order valence-electron chi connectivity index (χ1n) is 10.8. The maximum absolute atomic E-state index is 13.0. The standard InChI is InChI=1S/C27H24N4O/c1-28-22-15-16-31(18-22)27(32)21-12-14-26-24(17-21)25(29-30-26)13-11-20-9-5-6-10-23(20)19-7-3-2-4-8-19/h2-10,12,14,17,22,28H,15-16,18H2,1H3,(H,29,30). The number of aromatic amines is 1. The number of rotatable bonds is 3. The summed E-state index contributed by atoms with van der Waals surface area (Å²) in [5.41, 5.74) is 5.36.